The molecule has 1 aliphatic carbocycles. The molecule has 3 aromatic rings. The molecule has 2 amide bonds. The van der Waals surface area contributed by atoms with Gasteiger partial charge in [-0.3, -0.25) is 9.59 Å². The van der Waals surface area contributed by atoms with Gasteiger partial charge in [-0.05, 0) is 43.7 Å². The van der Waals surface area contributed by atoms with Gasteiger partial charge >= 0.3 is 0 Å². The summed E-state index contributed by atoms with van der Waals surface area (Å²) in [4.78, 5) is 34.7. The van der Waals surface area contributed by atoms with E-state index in [9.17, 15) is 9.59 Å². The number of carbonyl (C=O) groups is 2. The maximum atomic E-state index is 13.0. The molecule has 9 heteroatoms. The molecular formula is C22H21ClN4O2S2. The zero-order valence-electron chi connectivity index (χ0n) is 16.9. The van der Waals surface area contributed by atoms with Gasteiger partial charge in [0.25, 0.3) is 11.8 Å². The Morgan fingerprint density at radius 3 is 2.87 bits per heavy atom. The average Bonchev–Trinajstić information content (AvgIpc) is 3.11. The largest absolute Gasteiger partial charge is 0.365 e. The molecule has 6 nitrogen and oxygen atoms in total. The Bertz CT molecular complexity index is 1160. The molecule has 3 N–H and O–H groups in total. The summed E-state index contributed by atoms with van der Waals surface area (Å²) >= 11 is 9.05. The maximum Gasteiger partial charge on any atom is 0.276 e. The Morgan fingerprint density at radius 1 is 1.29 bits per heavy atom. The van der Waals surface area contributed by atoms with E-state index >= 15 is 0 Å². The van der Waals surface area contributed by atoms with Crippen LogP contribution in [0, 0.1) is 6.92 Å². The third kappa shape index (κ3) is 4.92. The van der Waals surface area contributed by atoms with E-state index in [0.717, 1.165) is 41.7 Å². The van der Waals surface area contributed by atoms with Crippen molar-refractivity contribution >= 4 is 51.5 Å². The van der Waals surface area contributed by atoms with Crippen molar-refractivity contribution in [1.29, 1.82) is 0 Å². The van der Waals surface area contributed by atoms with Gasteiger partial charge in [0.1, 0.15) is 5.00 Å². The lowest BCUT2D eigenvalue weighted by Gasteiger charge is -2.11. The number of anilines is 1. The van der Waals surface area contributed by atoms with Crippen LogP contribution in [0.1, 0.15) is 55.3 Å². The van der Waals surface area contributed by atoms with E-state index in [-0.39, 0.29) is 10.7 Å². The van der Waals surface area contributed by atoms with Crippen LogP contribution in [-0.2, 0) is 18.6 Å². The second-order valence-corrected chi connectivity index (χ2v) is 9.82. The fourth-order valence-electron chi connectivity index (χ4n) is 3.61. The minimum Gasteiger partial charge on any atom is -0.365 e. The van der Waals surface area contributed by atoms with E-state index < -0.39 is 11.8 Å². The van der Waals surface area contributed by atoms with Crippen molar-refractivity contribution in [1.82, 2.24) is 9.97 Å². The number of aryl methyl sites for hydroxylation is 2. The number of halogens is 1. The normalized spacial score (nSPS) is 13.0. The zero-order valence-corrected chi connectivity index (χ0v) is 19.3. The van der Waals surface area contributed by atoms with Crippen molar-refractivity contribution in [3.8, 4) is 0 Å². The highest BCUT2D eigenvalue weighted by Crippen LogP contribution is 2.38. The highest BCUT2D eigenvalue weighted by molar-refractivity contribution is 7.98. The van der Waals surface area contributed by atoms with Crippen LogP contribution >= 0.6 is 34.7 Å². The van der Waals surface area contributed by atoms with Gasteiger partial charge in [0, 0.05) is 10.6 Å². The molecule has 160 valence electrons. The first kappa shape index (κ1) is 21.8. The number of carbonyl (C=O) groups excluding carboxylic acids is 2. The molecule has 0 saturated heterocycles. The lowest BCUT2D eigenvalue weighted by Crippen LogP contribution is -2.19. The van der Waals surface area contributed by atoms with Gasteiger partial charge in [-0.1, -0.05) is 53.2 Å². The van der Waals surface area contributed by atoms with E-state index in [0.29, 0.717) is 21.5 Å². The number of rotatable bonds is 6. The average molecular weight is 473 g/mol. The quantitative estimate of drug-likeness (QED) is 0.387. The third-order valence-electron chi connectivity index (χ3n) is 5.03. The minimum absolute atomic E-state index is 0.0743. The van der Waals surface area contributed by atoms with Crippen molar-refractivity contribution in [2.45, 2.75) is 43.5 Å². The molecule has 2 aromatic heterocycles. The van der Waals surface area contributed by atoms with Crippen molar-refractivity contribution in [2.24, 2.45) is 5.73 Å². The number of thiophene rings is 1. The van der Waals surface area contributed by atoms with Crippen LogP contribution < -0.4 is 11.1 Å². The monoisotopic (exact) mass is 472 g/mol. The van der Waals surface area contributed by atoms with Crippen molar-refractivity contribution in [3.05, 3.63) is 68.3 Å². The summed E-state index contributed by atoms with van der Waals surface area (Å²) in [5, 5.41) is 3.88. The van der Waals surface area contributed by atoms with Crippen LogP contribution in [0.5, 0.6) is 0 Å². The van der Waals surface area contributed by atoms with Crippen LogP contribution in [0.15, 0.2) is 35.6 Å². The molecule has 0 radical (unpaired) electrons. The molecule has 1 aliphatic rings. The molecule has 0 atom stereocenters. The number of amides is 2. The fraction of sp³-hybridized carbons (Fsp3) is 0.273. The van der Waals surface area contributed by atoms with Crippen LogP contribution in [0.3, 0.4) is 0 Å². The first-order chi connectivity index (χ1) is 14.9. The van der Waals surface area contributed by atoms with Crippen molar-refractivity contribution < 1.29 is 9.59 Å². The topological polar surface area (TPSA) is 98.0 Å². The van der Waals surface area contributed by atoms with Gasteiger partial charge in [-0.25, -0.2) is 9.97 Å². The maximum absolute atomic E-state index is 13.0. The number of fused-ring (bicyclic) bond motifs is 1. The smallest absolute Gasteiger partial charge is 0.276 e. The molecule has 0 unspecified atom stereocenters. The van der Waals surface area contributed by atoms with Crippen molar-refractivity contribution in [2.75, 3.05) is 5.32 Å². The first-order valence-corrected chi connectivity index (χ1v) is 12.1. The molecule has 0 aliphatic heterocycles. The van der Waals surface area contributed by atoms with Gasteiger partial charge < -0.3 is 11.1 Å². The number of aromatic nitrogens is 2. The standard InChI is InChI=1S/C22H21ClN4O2S2/c1-12-5-4-6-13(9-12)11-30-22-25-10-15(23)18(26-22)20(29)27-21-17(19(24)28)14-7-2-3-8-16(14)31-21/h4-6,9-10H,2-3,7-8,11H2,1H3,(H2,24,28)(H,27,29). The fourth-order valence-corrected chi connectivity index (χ4v) is 5.83. The summed E-state index contributed by atoms with van der Waals surface area (Å²) < 4.78 is 0. The number of thioether (sulfide) groups is 1. The molecule has 0 fully saturated rings. The summed E-state index contributed by atoms with van der Waals surface area (Å²) in [6, 6.07) is 8.18. The highest BCUT2D eigenvalue weighted by Gasteiger charge is 2.26. The predicted molar refractivity (Wildman–Crippen MR) is 125 cm³/mol. The first-order valence-electron chi connectivity index (χ1n) is 9.89. The van der Waals surface area contributed by atoms with E-state index in [1.54, 1.807) is 0 Å². The summed E-state index contributed by atoms with van der Waals surface area (Å²) in [6.07, 6.45) is 5.20. The Hall–Kier alpha value is -2.42. The van der Waals surface area contributed by atoms with Gasteiger partial charge in [-0.15, -0.1) is 11.3 Å². The molecule has 4 rings (SSSR count). The SMILES string of the molecule is Cc1cccc(CSc2ncc(Cl)c(C(=O)Nc3sc4c(c3C(N)=O)CCCC4)n2)c1. The lowest BCUT2D eigenvalue weighted by atomic mass is 9.95. The number of nitrogens with one attached hydrogen (secondary N) is 1. The van der Waals surface area contributed by atoms with Crippen LogP contribution in [0.2, 0.25) is 5.02 Å². The molecule has 0 saturated carbocycles. The molecule has 2 heterocycles. The van der Waals surface area contributed by atoms with Gasteiger partial charge in [0.05, 0.1) is 16.8 Å². The third-order valence-corrected chi connectivity index (χ3v) is 7.45. The number of hydrogen-bond donors (Lipinski definition) is 2. The minimum atomic E-state index is -0.530. The molecule has 0 spiro atoms. The highest BCUT2D eigenvalue weighted by atomic mass is 35.5. The Kier molecular flexibility index (Phi) is 6.60. The number of benzene rings is 1. The number of hydrogen-bond acceptors (Lipinski definition) is 6. The molecular weight excluding hydrogens is 452 g/mol. The summed E-state index contributed by atoms with van der Waals surface area (Å²) in [7, 11) is 0. The van der Waals surface area contributed by atoms with Gasteiger partial charge in [-0.2, -0.15) is 0 Å². The molecule has 1 aromatic carbocycles. The van der Waals surface area contributed by atoms with E-state index in [1.807, 2.05) is 25.1 Å². The summed E-state index contributed by atoms with van der Waals surface area (Å²) in [5.74, 6) is -0.336. The van der Waals surface area contributed by atoms with E-state index in [4.69, 9.17) is 17.3 Å². The Labute approximate surface area is 193 Å². The second kappa shape index (κ2) is 9.38. The predicted octanol–water partition coefficient (Wildman–Crippen LogP) is 5.02. The second-order valence-electron chi connectivity index (χ2n) is 7.36. The number of primary amides is 1. The Morgan fingerprint density at radius 2 is 2.10 bits per heavy atom. The zero-order chi connectivity index (χ0) is 22.0. The number of nitrogens with zero attached hydrogens (tertiary/aromatic N) is 2. The van der Waals surface area contributed by atoms with Gasteiger partial charge in [0.2, 0.25) is 0 Å². The van der Waals surface area contributed by atoms with E-state index in [2.05, 4.69) is 21.4 Å². The van der Waals surface area contributed by atoms with Crippen LogP contribution in [0.4, 0.5) is 5.00 Å². The summed E-state index contributed by atoms with van der Waals surface area (Å²) in [5.41, 5.74) is 9.39. The molecule has 0 bridgehead atoms. The van der Waals surface area contributed by atoms with Crippen molar-refractivity contribution in [3.63, 3.8) is 0 Å². The van der Waals surface area contributed by atoms with E-state index in [1.165, 1.54) is 34.9 Å². The Balaban J connectivity index is 1.54. The number of nitrogens with two attached hydrogens (primary N) is 1. The van der Waals surface area contributed by atoms with Gasteiger partial charge in [0.15, 0.2) is 10.9 Å². The molecule has 31 heavy (non-hydrogen) atoms. The van der Waals surface area contributed by atoms with Crippen LogP contribution in [0.25, 0.3) is 0 Å². The van der Waals surface area contributed by atoms with Crippen LogP contribution in [-0.4, -0.2) is 21.8 Å². The lowest BCUT2D eigenvalue weighted by molar-refractivity contribution is 0.100. The summed E-state index contributed by atoms with van der Waals surface area (Å²) in [6.45, 7) is 2.04.